The van der Waals surface area contributed by atoms with E-state index in [0.717, 1.165) is 19.4 Å². The van der Waals surface area contributed by atoms with E-state index in [1.165, 1.54) is 29.5 Å². The molecular formula is C22H25FN4O2. The second-order valence-electron chi connectivity index (χ2n) is 7.59. The van der Waals surface area contributed by atoms with Crippen molar-refractivity contribution in [1.82, 2.24) is 14.5 Å². The second-order valence-corrected chi connectivity index (χ2v) is 7.59. The van der Waals surface area contributed by atoms with Crippen LogP contribution in [0.1, 0.15) is 32.6 Å². The first-order valence-electron chi connectivity index (χ1n) is 10.1. The van der Waals surface area contributed by atoms with Gasteiger partial charge in [0, 0.05) is 25.4 Å². The van der Waals surface area contributed by atoms with Gasteiger partial charge >= 0.3 is 0 Å². The highest BCUT2D eigenvalue weighted by molar-refractivity contribution is 5.96. The maximum atomic E-state index is 13.8. The number of rotatable bonds is 8. The largest absolute Gasteiger partial charge is 0.489 e. The van der Waals surface area contributed by atoms with E-state index in [2.05, 4.69) is 17.2 Å². The van der Waals surface area contributed by atoms with Gasteiger partial charge in [0.05, 0.1) is 18.2 Å². The first-order valence-corrected chi connectivity index (χ1v) is 10.1. The van der Waals surface area contributed by atoms with Gasteiger partial charge in [0.1, 0.15) is 11.5 Å². The van der Waals surface area contributed by atoms with E-state index in [-0.39, 0.29) is 5.56 Å². The van der Waals surface area contributed by atoms with Crippen LogP contribution in [0, 0.1) is 11.7 Å². The van der Waals surface area contributed by atoms with Crippen molar-refractivity contribution in [3.63, 3.8) is 0 Å². The van der Waals surface area contributed by atoms with Gasteiger partial charge in [-0.3, -0.25) is 4.79 Å². The fourth-order valence-corrected chi connectivity index (χ4v) is 3.25. The van der Waals surface area contributed by atoms with Crippen LogP contribution in [0.25, 0.3) is 22.0 Å². The third-order valence-corrected chi connectivity index (χ3v) is 5.14. The first kappa shape index (κ1) is 19.4. The fraction of sp³-hybridized carbons (Fsp3) is 0.409. The third-order valence-electron chi connectivity index (χ3n) is 5.14. The number of hydrogen-bond donors (Lipinski definition) is 1. The first-order chi connectivity index (χ1) is 14.1. The highest BCUT2D eigenvalue weighted by atomic mass is 19.1. The van der Waals surface area contributed by atoms with Crippen molar-refractivity contribution in [2.45, 2.75) is 32.6 Å². The van der Waals surface area contributed by atoms with Crippen molar-refractivity contribution in [2.75, 3.05) is 18.5 Å². The predicted molar refractivity (Wildman–Crippen MR) is 112 cm³/mol. The monoisotopic (exact) mass is 396 g/mol. The fourth-order valence-electron chi connectivity index (χ4n) is 3.25. The number of unbranched alkanes of at least 4 members (excludes halogenated alkanes) is 1. The number of pyridine rings is 1. The third kappa shape index (κ3) is 4.23. The highest BCUT2D eigenvalue weighted by Crippen LogP contribution is 2.35. The summed E-state index contributed by atoms with van der Waals surface area (Å²) in [5.41, 5.74) is 1.07. The molecule has 0 atom stereocenters. The van der Waals surface area contributed by atoms with Crippen molar-refractivity contribution >= 4 is 16.7 Å². The SMILES string of the molecule is CCCCNc1ncc(OCC2CC2)c(-c2cn(C)c(=O)c3cc(F)ccc23)n1. The van der Waals surface area contributed by atoms with Crippen LogP contribution in [0.15, 0.2) is 35.4 Å². The van der Waals surface area contributed by atoms with Crippen molar-refractivity contribution in [3.05, 3.63) is 46.8 Å². The van der Waals surface area contributed by atoms with Gasteiger partial charge in [-0.15, -0.1) is 0 Å². The molecule has 1 N–H and O–H groups in total. The van der Waals surface area contributed by atoms with Gasteiger partial charge in [-0.1, -0.05) is 19.4 Å². The van der Waals surface area contributed by atoms with Crippen molar-refractivity contribution < 1.29 is 9.13 Å². The number of halogens is 1. The number of ether oxygens (including phenoxy) is 1. The van der Waals surface area contributed by atoms with Gasteiger partial charge in [-0.2, -0.15) is 0 Å². The summed E-state index contributed by atoms with van der Waals surface area (Å²) in [5.74, 6) is 1.22. The van der Waals surface area contributed by atoms with E-state index < -0.39 is 5.82 Å². The zero-order valence-corrected chi connectivity index (χ0v) is 16.7. The summed E-state index contributed by atoms with van der Waals surface area (Å²) in [6, 6.07) is 4.25. The molecule has 3 aromatic rings. The molecule has 0 aliphatic heterocycles. The lowest BCUT2D eigenvalue weighted by molar-refractivity contribution is 0.299. The number of aryl methyl sites for hydroxylation is 1. The van der Waals surface area contributed by atoms with Crippen LogP contribution in [-0.2, 0) is 7.05 Å². The molecule has 0 radical (unpaired) electrons. The lowest BCUT2D eigenvalue weighted by atomic mass is 10.0. The van der Waals surface area contributed by atoms with E-state index in [9.17, 15) is 9.18 Å². The maximum absolute atomic E-state index is 13.8. The molecular weight excluding hydrogens is 371 g/mol. The molecule has 0 bridgehead atoms. The molecule has 0 amide bonds. The zero-order chi connectivity index (χ0) is 20.4. The summed E-state index contributed by atoms with van der Waals surface area (Å²) in [5, 5.41) is 4.20. The Morgan fingerprint density at radius 2 is 2.14 bits per heavy atom. The van der Waals surface area contributed by atoms with Gasteiger partial charge < -0.3 is 14.6 Å². The molecule has 1 aliphatic rings. The minimum absolute atomic E-state index is 0.251. The second kappa shape index (κ2) is 8.19. The number of anilines is 1. The molecule has 0 saturated heterocycles. The number of aromatic nitrogens is 3. The normalized spacial score (nSPS) is 13.6. The molecule has 6 nitrogen and oxygen atoms in total. The lowest BCUT2D eigenvalue weighted by Crippen LogP contribution is -2.17. The summed E-state index contributed by atoms with van der Waals surface area (Å²) in [6.45, 7) is 3.52. The van der Waals surface area contributed by atoms with Gasteiger partial charge in [-0.05, 0) is 42.7 Å². The number of nitrogens with one attached hydrogen (secondary N) is 1. The van der Waals surface area contributed by atoms with E-state index >= 15 is 0 Å². The Balaban J connectivity index is 1.83. The number of nitrogens with zero attached hydrogens (tertiary/aromatic N) is 3. The van der Waals surface area contributed by atoms with Crippen LogP contribution in [0.5, 0.6) is 5.75 Å². The maximum Gasteiger partial charge on any atom is 0.258 e. The molecule has 2 heterocycles. The van der Waals surface area contributed by atoms with Crippen LogP contribution >= 0.6 is 0 Å². The molecule has 0 unspecified atom stereocenters. The Bertz CT molecular complexity index is 1090. The Kier molecular flexibility index (Phi) is 5.47. The highest BCUT2D eigenvalue weighted by Gasteiger charge is 2.24. The Labute approximate surface area is 168 Å². The van der Waals surface area contributed by atoms with Gasteiger partial charge in [0.2, 0.25) is 5.95 Å². The molecule has 4 rings (SSSR count). The summed E-state index contributed by atoms with van der Waals surface area (Å²) in [4.78, 5) is 21.6. The van der Waals surface area contributed by atoms with Crippen LogP contribution in [0.3, 0.4) is 0 Å². The molecule has 7 heteroatoms. The molecule has 1 fully saturated rings. The summed E-state index contributed by atoms with van der Waals surface area (Å²) in [7, 11) is 1.66. The van der Waals surface area contributed by atoms with Gasteiger partial charge in [-0.25, -0.2) is 14.4 Å². The molecule has 1 saturated carbocycles. The smallest absolute Gasteiger partial charge is 0.258 e. The summed E-state index contributed by atoms with van der Waals surface area (Å²) >= 11 is 0. The number of fused-ring (bicyclic) bond motifs is 1. The Morgan fingerprint density at radius 1 is 1.31 bits per heavy atom. The van der Waals surface area contributed by atoms with E-state index in [1.54, 1.807) is 25.5 Å². The summed E-state index contributed by atoms with van der Waals surface area (Å²) in [6.07, 6.45) is 7.84. The molecule has 1 aromatic carbocycles. The molecule has 152 valence electrons. The molecule has 2 aromatic heterocycles. The minimum atomic E-state index is -0.443. The Hall–Kier alpha value is -2.96. The average Bonchev–Trinajstić information content (AvgIpc) is 3.54. The van der Waals surface area contributed by atoms with Gasteiger partial charge in [0.25, 0.3) is 5.56 Å². The summed E-state index contributed by atoms with van der Waals surface area (Å²) < 4.78 is 21.3. The average molecular weight is 396 g/mol. The van der Waals surface area contributed by atoms with E-state index in [4.69, 9.17) is 9.72 Å². The van der Waals surface area contributed by atoms with Crippen LogP contribution in [-0.4, -0.2) is 27.7 Å². The van der Waals surface area contributed by atoms with Crippen LogP contribution < -0.4 is 15.6 Å². The van der Waals surface area contributed by atoms with Crippen LogP contribution in [0.4, 0.5) is 10.3 Å². The number of benzene rings is 1. The van der Waals surface area contributed by atoms with E-state index in [1.807, 2.05) is 0 Å². The minimum Gasteiger partial charge on any atom is -0.489 e. The molecule has 0 spiro atoms. The zero-order valence-electron chi connectivity index (χ0n) is 16.7. The Morgan fingerprint density at radius 3 is 2.90 bits per heavy atom. The molecule has 1 aliphatic carbocycles. The van der Waals surface area contributed by atoms with Crippen molar-refractivity contribution in [1.29, 1.82) is 0 Å². The molecule has 29 heavy (non-hydrogen) atoms. The standard InChI is InChI=1S/C22H25FN4O2/c1-3-4-9-24-22-25-11-19(29-13-14-5-6-14)20(26-22)18-12-27(2)21(28)17-10-15(23)7-8-16(17)18/h7-8,10-12,14H,3-6,9,13H2,1-2H3,(H,24,25,26). The quantitative estimate of drug-likeness (QED) is 0.580. The van der Waals surface area contributed by atoms with Crippen molar-refractivity contribution in [2.24, 2.45) is 13.0 Å². The number of hydrogen-bond acceptors (Lipinski definition) is 5. The predicted octanol–water partition coefficient (Wildman–Crippen LogP) is 4.14. The van der Waals surface area contributed by atoms with Gasteiger partial charge in [0.15, 0.2) is 5.75 Å². The van der Waals surface area contributed by atoms with E-state index in [0.29, 0.717) is 46.3 Å². The lowest BCUT2D eigenvalue weighted by Gasteiger charge is -2.15. The van der Waals surface area contributed by atoms with Crippen LogP contribution in [0.2, 0.25) is 0 Å². The van der Waals surface area contributed by atoms with Crippen molar-refractivity contribution in [3.8, 4) is 17.0 Å². The topological polar surface area (TPSA) is 69.0 Å².